The molecule has 1 amide bonds. The number of aromatic nitrogens is 1. The van der Waals surface area contributed by atoms with Gasteiger partial charge in [0.2, 0.25) is 0 Å². The lowest BCUT2D eigenvalue weighted by Crippen LogP contribution is -2.16. The summed E-state index contributed by atoms with van der Waals surface area (Å²) in [5, 5.41) is 10.9. The summed E-state index contributed by atoms with van der Waals surface area (Å²) in [6, 6.07) is 10.3. The monoisotopic (exact) mass is 409 g/mol. The highest BCUT2D eigenvalue weighted by molar-refractivity contribution is 7.16. The van der Waals surface area contributed by atoms with Crippen molar-refractivity contribution in [3.8, 4) is 12.3 Å². The summed E-state index contributed by atoms with van der Waals surface area (Å²) in [5.74, 6) is 1.44. The lowest BCUT2D eigenvalue weighted by atomic mass is 10.2. The molecule has 1 heterocycles. The molecule has 29 heavy (non-hydrogen) atoms. The number of amides is 1. The molecule has 9 heteroatoms. The van der Waals surface area contributed by atoms with Crippen LogP contribution in [0, 0.1) is 22.5 Å². The van der Waals surface area contributed by atoms with Gasteiger partial charge in [-0.25, -0.2) is 4.79 Å². The van der Waals surface area contributed by atoms with Crippen molar-refractivity contribution in [2.24, 2.45) is 4.99 Å². The number of benzene rings is 2. The Bertz CT molecular complexity index is 1230. The minimum absolute atomic E-state index is 0.0936. The van der Waals surface area contributed by atoms with E-state index >= 15 is 0 Å². The van der Waals surface area contributed by atoms with Crippen LogP contribution in [0.15, 0.2) is 47.5 Å². The van der Waals surface area contributed by atoms with Gasteiger partial charge in [-0.1, -0.05) is 23.3 Å². The zero-order valence-electron chi connectivity index (χ0n) is 15.3. The maximum atomic E-state index is 12.6. The maximum Gasteiger partial charge on any atom is 0.338 e. The van der Waals surface area contributed by atoms with Gasteiger partial charge < -0.3 is 9.30 Å². The van der Waals surface area contributed by atoms with Gasteiger partial charge in [-0.2, -0.15) is 4.99 Å². The molecule has 1 aromatic heterocycles. The molecule has 3 aromatic rings. The number of esters is 1. The second-order valence-electron chi connectivity index (χ2n) is 5.80. The van der Waals surface area contributed by atoms with Crippen molar-refractivity contribution in [3.63, 3.8) is 0 Å². The maximum absolute atomic E-state index is 12.6. The molecule has 0 aliphatic carbocycles. The SMILES string of the molecule is C#CCn1c(=NC(=O)c2cccc([N+](=O)[O-])c2)sc2cc(C(=O)OCC)ccc21. The van der Waals surface area contributed by atoms with Crippen molar-refractivity contribution >= 4 is 39.1 Å². The van der Waals surface area contributed by atoms with Gasteiger partial charge in [-0.05, 0) is 31.2 Å². The number of carbonyl (C=O) groups excluding carboxylic acids is 2. The van der Waals surface area contributed by atoms with Crippen LogP contribution in [0.1, 0.15) is 27.6 Å². The number of nitro benzene ring substituents is 1. The molecule has 3 rings (SSSR count). The number of nitrogens with zero attached hydrogens (tertiary/aromatic N) is 3. The first kappa shape index (κ1) is 20.0. The summed E-state index contributed by atoms with van der Waals surface area (Å²) >= 11 is 1.19. The molecule has 0 bridgehead atoms. The Balaban J connectivity index is 2.10. The molecule has 0 spiro atoms. The Morgan fingerprint density at radius 3 is 2.76 bits per heavy atom. The molecular formula is C20H15N3O5S. The fraction of sp³-hybridized carbons (Fsp3) is 0.150. The molecule has 0 radical (unpaired) electrons. The van der Waals surface area contributed by atoms with Crippen LogP contribution in [-0.4, -0.2) is 28.0 Å². The number of hydrogen-bond donors (Lipinski definition) is 0. The number of rotatable bonds is 5. The third-order valence-corrected chi connectivity index (χ3v) is 4.99. The Labute approximate surface area is 169 Å². The number of carbonyl (C=O) groups is 2. The van der Waals surface area contributed by atoms with E-state index < -0.39 is 16.8 Å². The van der Waals surface area contributed by atoms with Gasteiger partial charge in [0.25, 0.3) is 11.6 Å². The zero-order valence-corrected chi connectivity index (χ0v) is 16.1. The van der Waals surface area contributed by atoms with Crippen LogP contribution in [0.4, 0.5) is 5.69 Å². The molecule has 0 saturated heterocycles. The second kappa shape index (κ2) is 8.50. The number of thiazole rings is 1. The van der Waals surface area contributed by atoms with Gasteiger partial charge in [0.15, 0.2) is 4.80 Å². The number of nitro groups is 1. The van der Waals surface area contributed by atoms with E-state index in [1.165, 1.54) is 35.6 Å². The van der Waals surface area contributed by atoms with Gasteiger partial charge in [0, 0.05) is 17.7 Å². The molecule has 2 aromatic carbocycles. The summed E-state index contributed by atoms with van der Waals surface area (Å²) in [4.78, 5) is 39.3. The molecule has 0 N–H and O–H groups in total. The van der Waals surface area contributed by atoms with Crippen LogP contribution >= 0.6 is 11.3 Å². The number of fused-ring (bicyclic) bond motifs is 1. The van der Waals surface area contributed by atoms with Gasteiger partial charge >= 0.3 is 5.97 Å². The molecule has 8 nitrogen and oxygen atoms in total. The molecule has 146 valence electrons. The highest BCUT2D eigenvalue weighted by atomic mass is 32.1. The number of ether oxygens (including phenoxy) is 1. The van der Waals surface area contributed by atoms with Gasteiger partial charge in [-0.3, -0.25) is 14.9 Å². The first-order valence-electron chi connectivity index (χ1n) is 8.52. The second-order valence-corrected chi connectivity index (χ2v) is 6.81. The summed E-state index contributed by atoms with van der Waals surface area (Å²) in [5.41, 5.74) is 0.991. The van der Waals surface area contributed by atoms with Crippen LogP contribution in [-0.2, 0) is 11.3 Å². The molecule has 0 saturated carbocycles. The minimum Gasteiger partial charge on any atom is -0.462 e. The molecule has 0 fully saturated rings. The highest BCUT2D eigenvalue weighted by Crippen LogP contribution is 2.20. The largest absolute Gasteiger partial charge is 0.462 e. The van der Waals surface area contributed by atoms with Crippen molar-refractivity contribution in [1.82, 2.24) is 4.57 Å². The summed E-state index contributed by atoms with van der Waals surface area (Å²) in [6.45, 7) is 2.15. The van der Waals surface area contributed by atoms with E-state index in [4.69, 9.17) is 11.2 Å². The summed E-state index contributed by atoms with van der Waals surface area (Å²) in [6.07, 6.45) is 5.45. The van der Waals surface area contributed by atoms with Crippen LogP contribution in [0.25, 0.3) is 10.2 Å². The third-order valence-electron chi connectivity index (χ3n) is 3.94. The van der Waals surface area contributed by atoms with Crippen LogP contribution in [0.5, 0.6) is 0 Å². The van der Waals surface area contributed by atoms with Crippen LogP contribution in [0.2, 0.25) is 0 Å². The smallest absolute Gasteiger partial charge is 0.338 e. The average molecular weight is 409 g/mol. The topological polar surface area (TPSA) is 104 Å². The number of non-ortho nitro benzene ring substituents is 1. The fourth-order valence-electron chi connectivity index (χ4n) is 2.65. The average Bonchev–Trinajstić information content (AvgIpc) is 3.04. The van der Waals surface area contributed by atoms with Gasteiger partial charge in [0.1, 0.15) is 0 Å². The standard InChI is InChI=1S/C20H15N3O5S/c1-3-10-22-16-9-8-14(19(25)28-4-2)12-17(16)29-20(22)21-18(24)13-6-5-7-15(11-13)23(26)27/h1,5-9,11-12H,4,10H2,2H3. The predicted molar refractivity (Wildman–Crippen MR) is 108 cm³/mol. The quantitative estimate of drug-likeness (QED) is 0.279. The summed E-state index contributed by atoms with van der Waals surface area (Å²) in [7, 11) is 0. The van der Waals surface area contributed by atoms with Gasteiger partial charge in [0.05, 0.1) is 33.9 Å². The van der Waals surface area contributed by atoms with Crippen molar-refractivity contribution in [2.45, 2.75) is 13.5 Å². The van der Waals surface area contributed by atoms with E-state index in [-0.39, 0.29) is 24.4 Å². The first-order chi connectivity index (χ1) is 13.9. The number of terminal acetylenes is 1. The molecule has 0 aliphatic heterocycles. The van der Waals surface area contributed by atoms with Crippen molar-refractivity contribution in [3.05, 3.63) is 68.5 Å². The lowest BCUT2D eigenvalue weighted by molar-refractivity contribution is -0.384. The molecule has 0 aliphatic rings. The number of hydrogen-bond acceptors (Lipinski definition) is 6. The third kappa shape index (κ3) is 4.23. The van der Waals surface area contributed by atoms with Crippen molar-refractivity contribution in [1.29, 1.82) is 0 Å². The van der Waals surface area contributed by atoms with Crippen molar-refractivity contribution < 1.29 is 19.2 Å². The van der Waals surface area contributed by atoms with E-state index in [0.29, 0.717) is 20.6 Å². The Morgan fingerprint density at radius 1 is 1.28 bits per heavy atom. The van der Waals surface area contributed by atoms with E-state index in [0.717, 1.165) is 0 Å². The Kier molecular flexibility index (Phi) is 5.85. The van der Waals surface area contributed by atoms with Crippen molar-refractivity contribution in [2.75, 3.05) is 6.61 Å². The molecule has 0 unspecified atom stereocenters. The first-order valence-corrected chi connectivity index (χ1v) is 9.33. The zero-order chi connectivity index (χ0) is 21.0. The highest BCUT2D eigenvalue weighted by Gasteiger charge is 2.14. The van der Waals surface area contributed by atoms with Gasteiger partial charge in [-0.15, -0.1) is 6.42 Å². The normalized spacial score (nSPS) is 11.2. The molecular weight excluding hydrogens is 394 g/mol. The predicted octanol–water partition coefficient (Wildman–Crippen LogP) is 3.16. The van der Waals surface area contributed by atoms with E-state index in [2.05, 4.69) is 10.9 Å². The summed E-state index contributed by atoms with van der Waals surface area (Å²) < 4.78 is 7.38. The fourth-order valence-corrected chi connectivity index (χ4v) is 3.71. The van der Waals surface area contributed by atoms with E-state index in [1.54, 1.807) is 29.7 Å². The van der Waals surface area contributed by atoms with E-state index in [9.17, 15) is 19.7 Å². The molecule has 0 atom stereocenters. The van der Waals surface area contributed by atoms with E-state index in [1.807, 2.05) is 0 Å². The Morgan fingerprint density at radius 2 is 2.07 bits per heavy atom. The van der Waals surface area contributed by atoms with Crippen LogP contribution in [0.3, 0.4) is 0 Å². The minimum atomic E-state index is -0.628. The van der Waals surface area contributed by atoms with Crippen LogP contribution < -0.4 is 4.80 Å². The Hall–Kier alpha value is -3.77. The lowest BCUT2D eigenvalue weighted by Gasteiger charge is -2.03.